The number of anilines is 1. The maximum absolute atomic E-state index is 12.7. The number of hydrogen-bond acceptors (Lipinski definition) is 2. The Balaban J connectivity index is 2.16. The molecule has 3 nitrogen and oxygen atoms in total. The van der Waals surface area contributed by atoms with Crippen LogP contribution in [-0.4, -0.2) is 11.9 Å². The van der Waals surface area contributed by atoms with Gasteiger partial charge in [0.25, 0.3) is 0 Å². The van der Waals surface area contributed by atoms with Gasteiger partial charge < -0.3 is 11.1 Å². The Morgan fingerprint density at radius 3 is 2.62 bits per heavy atom. The molecule has 3 unspecified atom stereocenters. The number of halogens is 1. The van der Waals surface area contributed by atoms with E-state index in [9.17, 15) is 4.79 Å². The van der Waals surface area contributed by atoms with Gasteiger partial charge in [-0.25, -0.2) is 0 Å². The summed E-state index contributed by atoms with van der Waals surface area (Å²) in [6.07, 6.45) is 1.78. The predicted molar refractivity (Wildman–Crippen MR) is 91.2 cm³/mol. The first-order valence-corrected chi connectivity index (χ1v) is 8.34. The summed E-state index contributed by atoms with van der Waals surface area (Å²) < 4.78 is 0.982. The fourth-order valence-corrected chi connectivity index (χ4v) is 3.96. The molecule has 21 heavy (non-hydrogen) atoms. The SMILES string of the molecule is Cc1cc(Br)cc(NC(=O)C2CCC(N)C(C)C2(C)C)c1. The zero-order chi connectivity index (χ0) is 15.8. The standard InChI is InChI=1S/C17H25BrN2O/c1-10-7-12(18)9-13(8-10)20-16(21)14-5-6-15(19)11(2)17(14,3)4/h7-9,11,14-15H,5-6,19H2,1-4H3,(H,20,21). The van der Waals surface area contributed by atoms with E-state index in [1.807, 2.05) is 25.1 Å². The van der Waals surface area contributed by atoms with Gasteiger partial charge in [-0.3, -0.25) is 4.79 Å². The van der Waals surface area contributed by atoms with E-state index in [2.05, 4.69) is 42.0 Å². The molecule has 3 N–H and O–H groups in total. The summed E-state index contributed by atoms with van der Waals surface area (Å²) in [7, 11) is 0. The van der Waals surface area contributed by atoms with E-state index in [0.29, 0.717) is 5.92 Å². The van der Waals surface area contributed by atoms with Crippen molar-refractivity contribution in [3.05, 3.63) is 28.2 Å². The van der Waals surface area contributed by atoms with Crippen molar-refractivity contribution in [2.75, 3.05) is 5.32 Å². The second-order valence-corrected chi connectivity index (χ2v) is 7.83. The molecule has 116 valence electrons. The molecule has 1 saturated carbocycles. The summed E-state index contributed by atoms with van der Waals surface area (Å²) in [5, 5.41) is 3.07. The number of nitrogens with two attached hydrogens (primary N) is 1. The Bertz CT molecular complexity index is 521. The predicted octanol–water partition coefficient (Wildman–Crippen LogP) is 4.10. The summed E-state index contributed by atoms with van der Waals surface area (Å²) in [4.78, 5) is 12.7. The van der Waals surface area contributed by atoms with E-state index < -0.39 is 0 Å². The highest BCUT2D eigenvalue weighted by Gasteiger charge is 2.44. The highest BCUT2D eigenvalue weighted by Crippen LogP contribution is 2.44. The smallest absolute Gasteiger partial charge is 0.228 e. The van der Waals surface area contributed by atoms with Crippen LogP contribution in [0.15, 0.2) is 22.7 Å². The minimum Gasteiger partial charge on any atom is -0.327 e. The number of carbonyl (C=O) groups excluding carboxylic acids is 1. The minimum absolute atomic E-state index is 0.00610. The van der Waals surface area contributed by atoms with Crippen molar-refractivity contribution in [1.29, 1.82) is 0 Å². The highest BCUT2D eigenvalue weighted by atomic mass is 79.9. The maximum Gasteiger partial charge on any atom is 0.228 e. The molecule has 4 heteroatoms. The van der Waals surface area contributed by atoms with Crippen LogP contribution in [0.5, 0.6) is 0 Å². The molecule has 2 rings (SSSR count). The van der Waals surface area contributed by atoms with Crippen molar-refractivity contribution in [3.63, 3.8) is 0 Å². The summed E-state index contributed by atoms with van der Waals surface area (Å²) in [5.41, 5.74) is 8.07. The molecular formula is C17H25BrN2O. The van der Waals surface area contributed by atoms with Gasteiger partial charge in [-0.1, -0.05) is 36.7 Å². The summed E-state index contributed by atoms with van der Waals surface area (Å²) >= 11 is 3.47. The van der Waals surface area contributed by atoms with E-state index >= 15 is 0 Å². The molecule has 0 heterocycles. The number of amides is 1. The average Bonchev–Trinajstić information content (AvgIpc) is 2.34. The van der Waals surface area contributed by atoms with Crippen molar-refractivity contribution >= 4 is 27.5 Å². The average molecular weight is 353 g/mol. The van der Waals surface area contributed by atoms with Gasteiger partial charge in [0.05, 0.1) is 0 Å². The van der Waals surface area contributed by atoms with Crippen LogP contribution in [0.25, 0.3) is 0 Å². The molecule has 1 aliphatic carbocycles. The van der Waals surface area contributed by atoms with Gasteiger partial charge in [0.15, 0.2) is 0 Å². The van der Waals surface area contributed by atoms with Gasteiger partial charge in [0.2, 0.25) is 5.91 Å². The lowest BCUT2D eigenvalue weighted by molar-refractivity contribution is -0.127. The summed E-state index contributed by atoms with van der Waals surface area (Å²) in [6.45, 7) is 8.50. The first-order valence-electron chi connectivity index (χ1n) is 7.55. The third-order valence-corrected chi connectivity index (χ3v) is 5.59. The molecule has 0 bridgehead atoms. The molecule has 1 aromatic carbocycles. The second-order valence-electron chi connectivity index (χ2n) is 6.91. The number of rotatable bonds is 2. The normalized spacial score (nSPS) is 28.2. The van der Waals surface area contributed by atoms with Gasteiger partial charge in [-0.05, 0) is 54.9 Å². The Morgan fingerprint density at radius 2 is 2.00 bits per heavy atom. The minimum atomic E-state index is -0.0805. The van der Waals surface area contributed by atoms with Crippen molar-refractivity contribution in [1.82, 2.24) is 0 Å². The molecule has 0 aliphatic heterocycles. The number of aryl methyl sites for hydroxylation is 1. The van der Waals surface area contributed by atoms with E-state index in [1.165, 1.54) is 0 Å². The van der Waals surface area contributed by atoms with Gasteiger partial charge in [0.1, 0.15) is 0 Å². The molecule has 0 spiro atoms. The topological polar surface area (TPSA) is 55.1 Å². The van der Waals surface area contributed by atoms with Crippen molar-refractivity contribution in [2.24, 2.45) is 23.0 Å². The molecule has 3 atom stereocenters. The van der Waals surface area contributed by atoms with E-state index in [4.69, 9.17) is 5.73 Å². The third-order valence-electron chi connectivity index (χ3n) is 5.13. The Labute approximate surface area is 135 Å². The number of carbonyl (C=O) groups is 1. The second kappa shape index (κ2) is 6.09. The lowest BCUT2D eigenvalue weighted by Crippen LogP contribution is -2.50. The zero-order valence-electron chi connectivity index (χ0n) is 13.2. The molecule has 1 aliphatic rings. The van der Waals surface area contributed by atoms with Crippen LogP contribution in [-0.2, 0) is 4.79 Å². The van der Waals surface area contributed by atoms with Crippen LogP contribution in [0.3, 0.4) is 0 Å². The van der Waals surface area contributed by atoms with Crippen LogP contribution >= 0.6 is 15.9 Å². The fourth-order valence-electron chi connectivity index (χ4n) is 3.36. The quantitative estimate of drug-likeness (QED) is 0.841. The lowest BCUT2D eigenvalue weighted by Gasteiger charge is -2.46. The molecule has 0 radical (unpaired) electrons. The van der Waals surface area contributed by atoms with Gasteiger partial charge in [-0.15, -0.1) is 0 Å². The highest BCUT2D eigenvalue weighted by molar-refractivity contribution is 9.10. The van der Waals surface area contributed by atoms with Crippen LogP contribution < -0.4 is 11.1 Å². The Morgan fingerprint density at radius 1 is 1.33 bits per heavy atom. The monoisotopic (exact) mass is 352 g/mol. The third kappa shape index (κ3) is 3.49. The van der Waals surface area contributed by atoms with E-state index in [1.54, 1.807) is 0 Å². The van der Waals surface area contributed by atoms with E-state index in [0.717, 1.165) is 28.6 Å². The molecule has 0 saturated heterocycles. The van der Waals surface area contributed by atoms with Gasteiger partial charge in [-0.2, -0.15) is 0 Å². The molecule has 0 aromatic heterocycles. The van der Waals surface area contributed by atoms with Crippen LogP contribution in [0.1, 0.15) is 39.2 Å². The van der Waals surface area contributed by atoms with Crippen LogP contribution in [0.4, 0.5) is 5.69 Å². The Hall–Kier alpha value is -0.870. The number of benzene rings is 1. The van der Waals surface area contributed by atoms with Gasteiger partial charge >= 0.3 is 0 Å². The first-order chi connectivity index (χ1) is 9.71. The fraction of sp³-hybridized carbons (Fsp3) is 0.588. The van der Waals surface area contributed by atoms with Crippen molar-refractivity contribution in [2.45, 2.75) is 46.6 Å². The summed E-state index contributed by atoms with van der Waals surface area (Å²) in [5.74, 6) is 0.453. The van der Waals surface area contributed by atoms with Crippen molar-refractivity contribution in [3.8, 4) is 0 Å². The summed E-state index contributed by atoms with van der Waals surface area (Å²) in [6, 6.07) is 6.15. The first kappa shape index (κ1) is 16.5. The number of hydrogen-bond donors (Lipinski definition) is 2. The van der Waals surface area contributed by atoms with Crippen LogP contribution in [0, 0.1) is 24.2 Å². The molecule has 1 amide bonds. The lowest BCUT2D eigenvalue weighted by atomic mass is 9.61. The largest absolute Gasteiger partial charge is 0.327 e. The number of nitrogens with one attached hydrogen (secondary N) is 1. The zero-order valence-corrected chi connectivity index (χ0v) is 14.8. The van der Waals surface area contributed by atoms with Crippen molar-refractivity contribution < 1.29 is 4.79 Å². The molecular weight excluding hydrogens is 328 g/mol. The van der Waals surface area contributed by atoms with Gasteiger partial charge in [0, 0.05) is 22.1 Å². The maximum atomic E-state index is 12.7. The molecule has 1 aromatic rings. The van der Waals surface area contributed by atoms with Crippen LogP contribution in [0.2, 0.25) is 0 Å². The molecule has 1 fully saturated rings. The Kier molecular flexibility index (Phi) is 4.79. The van der Waals surface area contributed by atoms with E-state index in [-0.39, 0.29) is 23.3 Å².